The Kier molecular flexibility index (Phi) is 30.9. The van der Waals surface area contributed by atoms with Gasteiger partial charge in [0, 0.05) is 48.2 Å². The number of benzene rings is 1. The maximum absolute atomic E-state index is 15.3. The molecule has 1 aromatic carbocycles. The average molecular weight is 1270 g/mol. The summed E-state index contributed by atoms with van der Waals surface area (Å²) in [5, 5.41) is 20.7. The van der Waals surface area contributed by atoms with Crippen LogP contribution in [0.1, 0.15) is 148 Å². The Labute approximate surface area is 533 Å². The molecular formula is C64H107N11O15. The highest BCUT2D eigenvalue weighted by atomic mass is 16.6. The van der Waals surface area contributed by atoms with Crippen LogP contribution in [0.25, 0.3) is 0 Å². The van der Waals surface area contributed by atoms with Crippen LogP contribution in [-0.4, -0.2) is 227 Å². The summed E-state index contributed by atoms with van der Waals surface area (Å²) in [6.07, 6.45) is 1.49. The molecule has 90 heavy (non-hydrogen) atoms. The molecule has 26 nitrogen and oxygen atoms in total. The van der Waals surface area contributed by atoms with Crippen molar-refractivity contribution < 1.29 is 72.1 Å². The fraction of sp³-hybridized carbons (Fsp3) is 0.719. The summed E-state index contributed by atoms with van der Waals surface area (Å²) in [4.78, 5) is 176. The SMILES string of the molecule is CC[C@H](C)[C@@H](C(=O)NCC(=O)N(C)[C@H](C(=O)N[C@@H](Cc1ccc(OC)cc1)C(=O)O)C(C)C)N(C)C(=O)[C@H]([C@@H](C)CC)N(C)C(=O)[C@H](CC(=O)OC(C)(C)C)N(C)C(=O)[C@@H](NC(=O)[C@H](C(C)C)N(C)C(=O)[C@@H]1CCCCN1C(=O)[C@H](C)NC(=O)C(C)N)C(C)C. The summed E-state index contributed by atoms with van der Waals surface area (Å²) in [6, 6.07) is -5.33. The first-order valence-corrected chi connectivity index (χ1v) is 31.4. The number of nitrogens with zero attached hydrogens (tertiary/aromatic N) is 6. The van der Waals surface area contributed by atoms with Crippen molar-refractivity contribution in [3.05, 3.63) is 29.8 Å². The number of carbonyl (C=O) groups excluding carboxylic acids is 11. The van der Waals surface area contributed by atoms with Gasteiger partial charge in [-0.15, -0.1) is 0 Å². The number of carbonyl (C=O) groups is 12. The number of carboxylic acids is 1. The normalized spacial score (nSPS) is 17.1. The summed E-state index contributed by atoms with van der Waals surface area (Å²) in [5.41, 5.74) is 5.31. The van der Waals surface area contributed by atoms with Gasteiger partial charge in [-0.1, -0.05) is 94.2 Å². The minimum atomic E-state index is -1.63. The molecule has 1 unspecified atom stereocenters. The molecule has 1 aliphatic heterocycles. The molecule has 0 aromatic heterocycles. The fourth-order valence-corrected chi connectivity index (χ4v) is 11.2. The quantitative estimate of drug-likeness (QED) is 0.0565. The van der Waals surface area contributed by atoms with Crippen LogP contribution in [0.2, 0.25) is 0 Å². The highest BCUT2D eigenvalue weighted by Crippen LogP contribution is 2.27. The number of ether oxygens (including phenoxy) is 2. The first-order chi connectivity index (χ1) is 41.7. The summed E-state index contributed by atoms with van der Waals surface area (Å²) < 4.78 is 10.9. The summed E-state index contributed by atoms with van der Waals surface area (Å²) in [7, 11) is 8.37. The topological polar surface area (TPSA) is 337 Å². The monoisotopic (exact) mass is 1270 g/mol. The molecule has 0 radical (unpaired) electrons. The molecule has 508 valence electrons. The van der Waals surface area contributed by atoms with Crippen molar-refractivity contribution in [2.45, 2.75) is 215 Å². The highest BCUT2D eigenvalue weighted by molar-refractivity contribution is 5.99. The van der Waals surface area contributed by atoms with Gasteiger partial charge >= 0.3 is 11.9 Å². The number of piperidine rings is 1. The number of carboxylic acid groups (broad SMARTS) is 1. The predicted octanol–water partition coefficient (Wildman–Crippen LogP) is 2.57. The molecule has 1 heterocycles. The van der Waals surface area contributed by atoms with E-state index in [1.807, 2.05) is 6.92 Å². The van der Waals surface area contributed by atoms with Gasteiger partial charge in [-0.3, -0.25) is 52.7 Å². The number of hydrogen-bond acceptors (Lipinski definition) is 15. The van der Waals surface area contributed by atoms with Gasteiger partial charge in [0.15, 0.2) is 0 Å². The van der Waals surface area contributed by atoms with Gasteiger partial charge in [-0.05, 0) is 101 Å². The number of hydrogen-bond donors (Lipinski definition) is 6. The second kappa shape index (κ2) is 35.3. The second-order valence-corrected chi connectivity index (χ2v) is 26.1. The number of likely N-dealkylation sites (N-methyl/N-ethyl adjacent to an activating group) is 5. The van der Waals surface area contributed by atoms with E-state index in [2.05, 4.69) is 21.3 Å². The summed E-state index contributed by atoms with van der Waals surface area (Å²) >= 11 is 0. The number of aliphatic carboxylic acids is 1. The molecule has 2 rings (SSSR count). The molecule has 10 amide bonds. The van der Waals surface area contributed by atoms with Crippen LogP contribution in [0.5, 0.6) is 5.75 Å². The van der Waals surface area contributed by atoms with Gasteiger partial charge in [0.2, 0.25) is 59.1 Å². The van der Waals surface area contributed by atoms with Gasteiger partial charge < -0.3 is 71.0 Å². The number of likely N-dealkylation sites (tertiary alicyclic amines) is 1. The van der Waals surface area contributed by atoms with E-state index in [-0.39, 0.29) is 13.0 Å². The number of amides is 10. The van der Waals surface area contributed by atoms with Crippen molar-refractivity contribution in [3.8, 4) is 5.75 Å². The Hall–Kier alpha value is -7.38. The smallest absolute Gasteiger partial charge is 0.326 e. The zero-order valence-corrected chi connectivity index (χ0v) is 57.3. The maximum Gasteiger partial charge on any atom is 0.326 e. The second-order valence-electron chi connectivity index (χ2n) is 26.1. The third-order valence-corrected chi connectivity index (χ3v) is 16.7. The van der Waals surface area contributed by atoms with Gasteiger partial charge in [0.05, 0.1) is 26.1 Å². The minimum absolute atomic E-state index is 0.0579. The Morgan fingerprint density at radius 1 is 0.633 bits per heavy atom. The molecule has 0 saturated carbocycles. The van der Waals surface area contributed by atoms with Crippen LogP contribution in [0.4, 0.5) is 0 Å². The largest absolute Gasteiger partial charge is 0.497 e. The Morgan fingerprint density at radius 2 is 1.16 bits per heavy atom. The van der Waals surface area contributed by atoms with Crippen LogP contribution in [0.3, 0.4) is 0 Å². The van der Waals surface area contributed by atoms with Crippen LogP contribution < -0.4 is 31.7 Å². The lowest BCUT2D eigenvalue weighted by atomic mass is 9.92. The lowest BCUT2D eigenvalue weighted by Gasteiger charge is -2.41. The predicted molar refractivity (Wildman–Crippen MR) is 338 cm³/mol. The van der Waals surface area contributed by atoms with E-state index in [0.717, 1.165) is 14.7 Å². The van der Waals surface area contributed by atoms with Gasteiger partial charge in [-0.25, -0.2) is 4.79 Å². The number of esters is 1. The first-order valence-electron chi connectivity index (χ1n) is 31.4. The van der Waals surface area contributed by atoms with E-state index in [4.69, 9.17) is 15.2 Å². The number of nitrogens with one attached hydrogen (secondary N) is 4. The van der Waals surface area contributed by atoms with Crippen LogP contribution >= 0.6 is 0 Å². The Morgan fingerprint density at radius 3 is 1.64 bits per heavy atom. The molecule has 7 N–H and O–H groups in total. The Bertz CT molecular complexity index is 2660. The number of methoxy groups -OCH3 is 1. The molecule has 26 heteroatoms. The zero-order chi connectivity index (χ0) is 69.1. The summed E-state index contributed by atoms with van der Waals surface area (Å²) in [5.74, 6) is -11.1. The lowest BCUT2D eigenvalue weighted by molar-refractivity contribution is -0.162. The molecule has 1 aliphatic rings. The van der Waals surface area contributed by atoms with E-state index >= 15 is 14.4 Å². The van der Waals surface area contributed by atoms with E-state index in [1.54, 1.807) is 107 Å². The number of nitrogens with two attached hydrogens (primary N) is 1. The third-order valence-electron chi connectivity index (χ3n) is 16.7. The lowest BCUT2D eigenvalue weighted by Crippen LogP contribution is -2.63. The average Bonchev–Trinajstić information content (AvgIpc) is 0.880. The van der Waals surface area contributed by atoms with Gasteiger partial charge in [0.25, 0.3) is 0 Å². The zero-order valence-electron chi connectivity index (χ0n) is 57.3. The van der Waals surface area contributed by atoms with Crippen molar-refractivity contribution in [3.63, 3.8) is 0 Å². The third kappa shape index (κ3) is 21.7. The Balaban J connectivity index is 2.53. The van der Waals surface area contributed by atoms with E-state index in [1.165, 1.54) is 70.9 Å². The van der Waals surface area contributed by atoms with Crippen molar-refractivity contribution in [2.75, 3.05) is 55.4 Å². The molecule has 1 fully saturated rings. The minimum Gasteiger partial charge on any atom is -0.497 e. The summed E-state index contributed by atoms with van der Waals surface area (Å²) in [6.45, 7) is 24.7. The molecule has 0 bridgehead atoms. The van der Waals surface area contributed by atoms with Crippen LogP contribution in [0.15, 0.2) is 24.3 Å². The van der Waals surface area contributed by atoms with Crippen molar-refractivity contribution in [1.29, 1.82) is 0 Å². The molecular weight excluding hydrogens is 1160 g/mol. The van der Waals surface area contributed by atoms with Crippen LogP contribution in [-0.2, 0) is 68.7 Å². The maximum atomic E-state index is 15.3. The first kappa shape index (κ1) is 78.7. The molecule has 0 aliphatic carbocycles. The van der Waals surface area contributed by atoms with E-state index < -0.39 is 180 Å². The van der Waals surface area contributed by atoms with Crippen molar-refractivity contribution in [2.24, 2.45) is 35.3 Å². The molecule has 12 atom stereocenters. The van der Waals surface area contributed by atoms with E-state index in [9.17, 15) is 48.3 Å². The molecule has 0 spiro atoms. The highest BCUT2D eigenvalue weighted by Gasteiger charge is 2.46. The molecule has 1 saturated heterocycles. The standard InChI is InChI=1S/C64H107N11O15/c1-22-38(9)52(55(79)66-34-47(76)71(17)50(36(5)6)56(80)68-44(63(87)88)32-42-27-29-43(89-21)30-28-42)73(19)62(86)53(39(10)23-2)74(20)60(84)46(33-48(77)90-64(13,14)15)70(16)61(85)49(35(3)4)69-57(81)51(37(7)8)72(18)59(83)45-26-24-25-31-75(45)58(82)41(12)67-54(78)40(11)65/h27-30,35-41,44-46,49-53H,22-26,31-34,65H2,1-21H3,(H,66,79)(H,67,78)(H,68,80)(H,69,81)(H,87,88)/t38-,39-,40?,41-,44-,45-,46-,49-,50-,51-,52-,53-/m0/s1. The van der Waals surface area contributed by atoms with Crippen LogP contribution in [0, 0.1) is 29.6 Å². The van der Waals surface area contributed by atoms with Crippen molar-refractivity contribution >= 4 is 71.0 Å². The van der Waals surface area contributed by atoms with E-state index in [0.29, 0.717) is 43.4 Å². The fourth-order valence-electron chi connectivity index (χ4n) is 11.2. The number of rotatable bonds is 32. The molecule has 1 aromatic rings. The van der Waals surface area contributed by atoms with Gasteiger partial charge in [-0.2, -0.15) is 0 Å². The van der Waals surface area contributed by atoms with Crippen molar-refractivity contribution in [1.82, 2.24) is 50.7 Å². The van der Waals surface area contributed by atoms with Gasteiger partial charge in [0.1, 0.15) is 65.7 Å².